The maximum atomic E-state index is 14.2. The molecule has 0 spiro atoms. The third-order valence-electron chi connectivity index (χ3n) is 10.6. The van der Waals surface area contributed by atoms with Crippen LogP contribution in [0.4, 0.5) is 24.1 Å². The number of halogens is 2. The zero-order valence-electron chi connectivity index (χ0n) is 34.3. The second kappa shape index (κ2) is 18.8. The molecular weight excluding hydrogens is 795 g/mol. The molecular formula is C42H50F2N10O7. The fourth-order valence-electron chi connectivity index (χ4n) is 7.53. The monoisotopic (exact) mass is 844 g/mol. The van der Waals surface area contributed by atoms with Crippen molar-refractivity contribution < 1.29 is 42.6 Å². The summed E-state index contributed by atoms with van der Waals surface area (Å²) in [6.45, 7) is 6.43. The number of ether oxygens (including phenoxy) is 1. The van der Waals surface area contributed by atoms with Crippen LogP contribution in [-0.2, 0) is 20.7 Å². The molecule has 17 nitrogen and oxygen atoms in total. The van der Waals surface area contributed by atoms with Gasteiger partial charge in [-0.1, -0.05) is 24.3 Å². The number of tetrazole rings is 1. The Morgan fingerprint density at radius 1 is 1.00 bits per heavy atom. The number of pyridine rings is 1. The first kappa shape index (κ1) is 44.0. The molecule has 61 heavy (non-hydrogen) atoms. The van der Waals surface area contributed by atoms with E-state index in [-0.39, 0.29) is 36.4 Å². The number of piperidine rings is 1. The number of alkyl carbamates (subject to hydrolysis) is 1. The largest absolute Gasteiger partial charge is 0.465 e. The highest BCUT2D eigenvalue weighted by molar-refractivity contribution is 5.98. The summed E-state index contributed by atoms with van der Waals surface area (Å²) in [6, 6.07) is 13.8. The van der Waals surface area contributed by atoms with Gasteiger partial charge in [-0.2, -0.15) is 0 Å². The van der Waals surface area contributed by atoms with Crippen LogP contribution in [0, 0.1) is 18.8 Å². The van der Waals surface area contributed by atoms with Crippen LogP contribution in [-0.4, -0.2) is 109 Å². The molecule has 2 fully saturated rings. The molecule has 1 aliphatic heterocycles. The minimum atomic E-state index is -3.28. The normalized spacial score (nSPS) is 19.2. The Hall–Kier alpha value is -6.53. The molecule has 3 heterocycles. The number of carboxylic acid groups (broad SMARTS) is 1. The lowest BCUT2D eigenvalue weighted by Gasteiger charge is -2.36. The van der Waals surface area contributed by atoms with E-state index in [4.69, 9.17) is 4.74 Å². The summed E-state index contributed by atoms with van der Waals surface area (Å²) < 4.78 is 33.7. The van der Waals surface area contributed by atoms with Crippen molar-refractivity contribution in [3.8, 4) is 22.5 Å². The number of anilines is 1. The summed E-state index contributed by atoms with van der Waals surface area (Å²) in [6.07, 6.45) is 1.67. The molecule has 324 valence electrons. The van der Waals surface area contributed by atoms with Gasteiger partial charge in [0.1, 0.15) is 17.3 Å². The molecule has 6 rings (SSSR count). The van der Waals surface area contributed by atoms with Gasteiger partial charge in [0.25, 0.3) is 11.8 Å². The molecule has 19 heteroatoms. The topological polar surface area (TPSA) is 234 Å². The van der Waals surface area contributed by atoms with E-state index in [0.29, 0.717) is 52.5 Å². The molecule has 1 saturated heterocycles. The number of hydrogen-bond acceptors (Lipinski definition) is 10. The van der Waals surface area contributed by atoms with E-state index < -0.39 is 60.6 Å². The van der Waals surface area contributed by atoms with Crippen LogP contribution in [0.25, 0.3) is 22.5 Å². The fourth-order valence-corrected chi connectivity index (χ4v) is 7.53. The number of likely N-dealkylation sites (tertiary alicyclic amines) is 1. The van der Waals surface area contributed by atoms with Gasteiger partial charge in [0, 0.05) is 54.9 Å². The van der Waals surface area contributed by atoms with Gasteiger partial charge in [0.15, 0.2) is 5.82 Å². The summed E-state index contributed by atoms with van der Waals surface area (Å²) in [7, 11) is 0. The lowest BCUT2D eigenvalue weighted by atomic mass is 9.81. The van der Waals surface area contributed by atoms with Crippen LogP contribution in [0.2, 0.25) is 0 Å². The predicted octanol–water partition coefficient (Wildman–Crippen LogP) is 5.35. The summed E-state index contributed by atoms with van der Waals surface area (Å²) in [5.74, 6) is -4.27. The van der Waals surface area contributed by atoms with Gasteiger partial charge >= 0.3 is 12.2 Å². The highest BCUT2D eigenvalue weighted by Crippen LogP contribution is 2.30. The van der Waals surface area contributed by atoms with Crippen molar-refractivity contribution >= 4 is 35.6 Å². The molecule has 2 aliphatic rings. The Kier molecular flexibility index (Phi) is 13.6. The maximum absolute atomic E-state index is 14.2. The Morgan fingerprint density at radius 3 is 2.31 bits per heavy atom. The van der Waals surface area contributed by atoms with Crippen molar-refractivity contribution in [3.05, 3.63) is 77.6 Å². The van der Waals surface area contributed by atoms with E-state index in [1.165, 1.54) is 12.3 Å². The second-order valence-electron chi connectivity index (χ2n) is 16.7. The molecule has 4 aromatic rings. The number of aromatic amines is 1. The standard InChI is InChI=1S/C42H50F2N10O7/c1-24-17-33(37(56)48-31-19-42(43,44)23-54(22-31)40(59)60)45-21-32(24)27-9-5-25(6-10-27)18-34(38(57)47-30-15-13-28(14-16-30)35-50-52-53-51-35)49-36(55)29-11-7-26(8-12-29)20-46-39(58)61-41(2,3)4/h5-6,9-10,13-17,21,26,29,31,34H,7-8,11-12,18-20,22-23H2,1-4H3,(H,46,58)(H,47,57)(H,48,56)(H,49,55)(H,59,60)(H,50,51,52,53)/t26-,29-,31?,34-/m0/s1. The van der Waals surface area contributed by atoms with Crippen LogP contribution in [0.5, 0.6) is 0 Å². The first-order valence-electron chi connectivity index (χ1n) is 20.1. The number of carbonyl (C=O) groups is 5. The molecule has 2 atom stereocenters. The van der Waals surface area contributed by atoms with Gasteiger partial charge in [-0.15, -0.1) is 5.10 Å². The third-order valence-corrected chi connectivity index (χ3v) is 10.6. The average molecular weight is 845 g/mol. The SMILES string of the molecule is Cc1cc(C(=O)NC2CN(C(=O)O)CC(F)(F)C2)ncc1-c1ccc(C[C@H](NC(=O)[C@H]2CC[C@H](CNC(=O)OC(C)(C)C)CC2)C(=O)Nc2ccc(-c3nnn[nH]3)cc2)cc1. The molecule has 2 aromatic heterocycles. The summed E-state index contributed by atoms with van der Waals surface area (Å²) >= 11 is 0. The summed E-state index contributed by atoms with van der Waals surface area (Å²) in [4.78, 5) is 68.9. The van der Waals surface area contributed by atoms with Crippen LogP contribution in [0.1, 0.15) is 74.5 Å². The Morgan fingerprint density at radius 2 is 1.69 bits per heavy atom. The van der Waals surface area contributed by atoms with E-state index in [1.54, 1.807) is 52.0 Å². The van der Waals surface area contributed by atoms with E-state index in [0.717, 1.165) is 24.0 Å². The number of benzene rings is 2. The number of aromatic nitrogens is 5. The number of nitrogens with one attached hydrogen (secondary N) is 5. The molecule has 5 amide bonds. The van der Waals surface area contributed by atoms with E-state index in [1.807, 2.05) is 24.3 Å². The molecule has 2 aromatic carbocycles. The van der Waals surface area contributed by atoms with Crippen molar-refractivity contribution in [1.82, 2.24) is 46.5 Å². The van der Waals surface area contributed by atoms with E-state index in [9.17, 15) is 37.9 Å². The number of nitrogens with zero attached hydrogens (tertiary/aromatic N) is 5. The van der Waals surface area contributed by atoms with Crippen molar-refractivity contribution in [2.24, 2.45) is 11.8 Å². The smallest absolute Gasteiger partial charge is 0.407 e. The second-order valence-corrected chi connectivity index (χ2v) is 16.7. The fraction of sp³-hybridized carbons (Fsp3) is 0.452. The lowest BCUT2D eigenvalue weighted by Crippen LogP contribution is -2.56. The molecule has 0 bridgehead atoms. The number of H-pyrrole nitrogens is 1. The quantitative estimate of drug-likeness (QED) is 0.106. The Labute approximate surface area is 350 Å². The summed E-state index contributed by atoms with van der Waals surface area (Å²) in [5.41, 5.74) is 3.52. The molecule has 0 radical (unpaired) electrons. The molecule has 1 aliphatic carbocycles. The predicted molar refractivity (Wildman–Crippen MR) is 218 cm³/mol. The van der Waals surface area contributed by atoms with Crippen LogP contribution in [0.15, 0.2) is 60.8 Å². The van der Waals surface area contributed by atoms with Crippen LogP contribution >= 0.6 is 0 Å². The minimum absolute atomic E-state index is 0.00574. The first-order valence-corrected chi connectivity index (χ1v) is 20.1. The number of carbonyl (C=O) groups excluding carboxylic acids is 4. The minimum Gasteiger partial charge on any atom is -0.465 e. The van der Waals surface area contributed by atoms with Gasteiger partial charge in [-0.25, -0.2) is 23.5 Å². The van der Waals surface area contributed by atoms with Crippen molar-refractivity contribution in [2.45, 2.75) is 89.8 Å². The van der Waals surface area contributed by atoms with Crippen molar-refractivity contribution in [2.75, 3.05) is 25.0 Å². The Balaban J connectivity index is 1.10. The zero-order chi connectivity index (χ0) is 43.9. The summed E-state index contributed by atoms with van der Waals surface area (Å²) in [5, 5.41) is 34.2. The number of amides is 5. The Bertz CT molecular complexity index is 2190. The van der Waals surface area contributed by atoms with Crippen molar-refractivity contribution in [3.63, 3.8) is 0 Å². The highest BCUT2D eigenvalue weighted by Gasteiger charge is 2.43. The van der Waals surface area contributed by atoms with Gasteiger partial charge in [0.05, 0.1) is 12.6 Å². The third kappa shape index (κ3) is 12.3. The number of hydrogen-bond donors (Lipinski definition) is 6. The van der Waals surface area contributed by atoms with Gasteiger partial charge in [-0.05, 0) is 117 Å². The van der Waals surface area contributed by atoms with Crippen LogP contribution < -0.4 is 21.3 Å². The molecule has 1 saturated carbocycles. The van der Waals surface area contributed by atoms with Gasteiger partial charge in [-0.3, -0.25) is 19.4 Å². The van der Waals surface area contributed by atoms with E-state index >= 15 is 0 Å². The lowest BCUT2D eigenvalue weighted by molar-refractivity contribution is -0.130. The van der Waals surface area contributed by atoms with Gasteiger partial charge < -0.3 is 36.0 Å². The van der Waals surface area contributed by atoms with E-state index in [2.05, 4.69) is 46.9 Å². The number of rotatable bonds is 12. The zero-order valence-corrected chi connectivity index (χ0v) is 34.3. The molecule has 6 N–H and O–H groups in total. The first-order chi connectivity index (χ1) is 28.9. The average Bonchev–Trinajstić information content (AvgIpc) is 3.75. The molecule has 1 unspecified atom stereocenters. The maximum Gasteiger partial charge on any atom is 0.407 e. The highest BCUT2D eigenvalue weighted by atomic mass is 19.3. The van der Waals surface area contributed by atoms with Crippen molar-refractivity contribution in [1.29, 1.82) is 0 Å². The van der Waals surface area contributed by atoms with Crippen LogP contribution in [0.3, 0.4) is 0 Å². The number of alkyl halides is 2. The van der Waals surface area contributed by atoms with Gasteiger partial charge in [0.2, 0.25) is 11.8 Å². The number of aryl methyl sites for hydroxylation is 1.